The van der Waals surface area contributed by atoms with Crippen molar-refractivity contribution in [2.24, 2.45) is 4.99 Å². The van der Waals surface area contributed by atoms with Gasteiger partial charge < -0.3 is 20.7 Å². The van der Waals surface area contributed by atoms with Crippen LogP contribution in [0.15, 0.2) is 59.6 Å². The Balaban J connectivity index is 1.75. The first-order valence-electron chi connectivity index (χ1n) is 9.67. The van der Waals surface area contributed by atoms with Crippen LogP contribution in [0.2, 0.25) is 0 Å². The van der Waals surface area contributed by atoms with Gasteiger partial charge in [0.2, 0.25) is 5.91 Å². The summed E-state index contributed by atoms with van der Waals surface area (Å²) < 4.78 is 5.37. The molecule has 0 bridgehead atoms. The summed E-state index contributed by atoms with van der Waals surface area (Å²) in [6, 6.07) is 18.0. The van der Waals surface area contributed by atoms with Crippen LogP contribution in [0, 0.1) is 0 Å². The third-order valence-corrected chi connectivity index (χ3v) is 4.18. The summed E-state index contributed by atoms with van der Waals surface area (Å²) >= 11 is 0. The minimum atomic E-state index is -0.0853. The molecule has 0 heterocycles. The lowest BCUT2D eigenvalue weighted by molar-refractivity contribution is -0.119. The van der Waals surface area contributed by atoms with Crippen molar-refractivity contribution in [1.29, 1.82) is 0 Å². The zero-order valence-corrected chi connectivity index (χ0v) is 16.7. The van der Waals surface area contributed by atoms with Crippen molar-refractivity contribution in [1.82, 2.24) is 16.0 Å². The smallest absolute Gasteiger partial charge is 0.241 e. The second-order valence-electron chi connectivity index (χ2n) is 6.27. The number of benzene rings is 2. The van der Waals surface area contributed by atoms with E-state index in [4.69, 9.17) is 4.74 Å². The number of nitrogens with one attached hydrogen (secondary N) is 3. The molecule has 1 amide bonds. The molecule has 0 aromatic heterocycles. The number of carbonyl (C=O) groups is 1. The van der Waals surface area contributed by atoms with Gasteiger partial charge in [0.1, 0.15) is 12.3 Å². The van der Waals surface area contributed by atoms with Gasteiger partial charge in [0.15, 0.2) is 5.96 Å². The maximum absolute atomic E-state index is 12.0. The summed E-state index contributed by atoms with van der Waals surface area (Å²) in [7, 11) is 1.67. The van der Waals surface area contributed by atoms with Gasteiger partial charge in [0, 0.05) is 19.6 Å². The highest BCUT2D eigenvalue weighted by Crippen LogP contribution is 2.17. The number of amides is 1. The van der Waals surface area contributed by atoms with Crippen LogP contribution in [0.3, 0.4) is 0 Å². The molecule has 0 atom stereocenters. The molecule has 0 fully saturated rings. The number of methoxy groups -OCH3 is 1. The summed E-state index contributed by atoms with van der Waals surface area (Å²) in [5.41, 5.74) is 2.34. The van der Waals surface area contributed by atoms with Crippen molar-refractivity contribution in [3.63, 3.8) is 0 Å². The van der Waals surface area contributed by atoms with E-state index in [-0.39, 0.29) is 12.5 Å². The Morgan fingerprint density at radius 2 is 1.64 bits per heavy atom. The summed E-state index contributed by atoms with van der Waals surface area (Å²) in [6.07, 6.45) is 1.62. The average Bonchev–Trinajstić information content (AvgIpc) is 2.73. The van der Waals surface area contributed by atoms with Crippen molar-refractivity contribution < 1.29 is 9.53 Å². The third kappa shape index (κ3) is 7.70. The van der Waals surface area contributed by atoms with Gasteiger partial charge in [-0.1, -0.05) is 48.5 Å². The van der Waals surface area contributed by atoms with Crippen molar-refractivity contribution >= 4 is 11.9 Å². The first-order valence-corrected chi connectivity index (χ1v) is 9.67. The highest BCUT2D eigenvalue weighted by molar-refractivity contribution is 5.84. The zero-order valence-electron chi connectivity index (χ0n) is 16.7. The summed E-state index contributed by atoms with van der Waals surface area (Å²) in [4.78, 5) is 16.4. The van der Waals surface area contributed by atoms with Crippen LogP contribution in [0.4, 0.5) is 0 Å². The third-order valence-electron chi connectivity index (χ3n) is 4.18. The van der Waals surface area contributed by atoms with Crippen LogP contribution in [0.25, 0.3) is 0 Å². The molecule has 6 nitrogen and oxygen atoms in total. The second kappa shape index (κ2) is 12.4. The van der Waals surface area contributed by atoms with E-state index in [2.05, 4.69) is 33.1 Å². The number of guanidine groups is 1. The zero-order chi connectivity index (χ0) is 20.0. The first kappa shape index (κ1) is 21.3. The molecule has 0 spiro atoms. The number of hydrogen-bond acceptors (Lipinski definition) is 3. The van der Waals surface area contributed by atoms with Crippen molar-refractivity contribution in [2.75, 3.05) is 33.3 Å². The van der Waals surface area contributed by atoms with Crippen LogP contribution in [-0.4, -0.2) is 45.2 Å². The SMILES string of the molecule is CCNC(=NCC(=O)NCCc1ccccc1)NCCc1ccccc1OC. The number of aliphatic imine (C=N–C) groups is 1. The van der Waals surface area contributed by atoms with Gasteiger partial charge in [-0.15, -0.1) is 0 Å². The summed E-state index contributed by atoms with van der Waals surface area (Å²) in [5, 5.41) is 9.33. The molecule has 2 aromatic rings. The van der Waals surface area contributed by atoms with Crippen molar-refractivity contribution in [3.8, 4) is 5.75 Å². The molecule has 3 N–H and O–H groups in total. The molecule has 0 aliphatic heterocycles. The normalized spacial score (nSPS) is 11.0. The lowest BCUT2D eigenvalue weighted by Gasteiger charge is -2.12. The number of para-hydroxylation sites is 1. The number of rotatable bonds is 10. The highest BCUT2D eigenvalue weighted by Gasteiger charge is 2.04. The average molecular weight is 383 g/mol. The van der Waals surface area contributed by atoms with E-state index in [0.29, 0.717) is 19.0 Å². The number of nitrogens with zero attached hydrogens (tertiary/aromatic N) is 1. The van der Waals surface area contributed by atoms with Gasteiger partial charge in [-0.25, -0.2) is 4.99 Å². The fourth-order valence-corrected chi connectivity index (χ4v) is 2.76. The van der Waals surface area contributed by atoms with Gasteiger partial charge in [-0.3, -0.25) is 4.79 Å². The molecule has 2 aromatic carbocycles. The standard InChI is InChI=1S/C22H30N4O2/c1-3-23-22(25-16-14-19-11-7-8-12-20(19)28-2)26-17-21(27)24-15-13-18-9-5-4-6-10-18/h4-12H,3,13-17H2,1-2H3,(H,24,27)(H2,23,25,26). The lowest BCUT2D eigenvalue weighted by Crippen LogP contribution is -2.39. The van der Waals surface area contributed by atoms with E-state index < -0.39 is 0 Å². The van der Waals surface area contributed by atoms with Gasteiger partial charge in [-0.2, -0.15) is 0 Å². The Hall–Kier alpha value is -3.02. The molecule has 0 aliphatic rings. The first-order chi connectivity index (χ1) is 13.7. The van der Waals surface area contributed by atoms with Crippen LogP contribution < -0.4 is 20.7 Å². The fraction of sp³-hybridized carbons (Fsp3) is 0.364. The molecular weight excluding hydrogens is 352 g/mol. The van der Waals surface area contributed by atoms with E-state index in [1.807, 2.05) is 49.4 Å². The molecule has 0 unspecified atom stereocenters. The maximum Gasteiger partial charge on any atom is 0.241 e. The molecule has 0 aliphatic carbocycles. The minimum absolute atomic E-state index is 0.0853. The van der Waals surface area contributed by atoms with E-state index in [0.717, 1.165) is 30.7 Å². The van der Waals surface area contributed by atoms with Crippen LogP contribution in [0.5, 0.6) is 5.75 Å². The minimum Gasteiger partial charge on any atom is -0.496 e. The number of ether oxygens (including phenoxy) is 1. The molecule has 0 saturated carbocycles. The van der Waals surface area contributed by atoms with E-state index in [1.54, 1.807) is 7.11 Å². The van der Waals surface area contributed by atoms with Crippen LogP contribution in [0.1, 0.15) is 18.1 Å². The largest absolute Gasteiger partial charge is 0.496 e. The molecule has 6 heteroatoms. The Labute approximate surface area is 167 Å². The lowest BCUT2D eigenvalue weighted by atomic mass is 10.1. The Kier molecular flexibility index (Phi) is 9.41. The molecular formula is C22H30N4O2. The maximum atomic E-state index is 12.0. The van der Waals surface area contributed by atoms with E-state index in [9.17, 15) is 4.79 Å². The Morgan fingerprint density at radius 3 is 2.39 bits per heavy atom. The van der Waals surface area contributed by atoms with Crippen molar-refractivity contribution in [2.45, 2.75) is 19.8 Å². The number of carbonyl (C=O) groups excluding carboxylic acids is 1. The molecule has 28 heavy (non-hydrogen) atoms. The van der Waals surface area contributed by atoms with Gasteiger partial charge in [-0.05, 0) is 37.0 Å². The highest BCUT2D eigenvalue weighted by atomic mass is 16.5. The molecule has 2 rings (SSSR count). The second-order valence-corrected chi connectivity index (χ2v) is 6.27. The van der Waals surface area contributed by atoms with Crippen LogP contribution in [-0.2, 0) is 17.6 Å². The molecule has 0 radical (unpaired) electrons. The van der Waals surface area contributed by atoms with E-state index in [1.165, 1.54) is 5.56 Å². The molecule has 0 saturated heterocycles. The fourth-order valence-electron chi connectivity index (χ4n) is 2.76. The Morgan fingerprint density at radius 1 is 0.929 bits per heavy atom. The summed E-state index contributed by atoms with van der Waals surface area (Å²) in [5.74, 6) is 1.43. The monoisotopic (exact) mass is 382 g/mol. The quantitative estimate of drug-likeness (QED) is 0.435. The topological polar surface area (TPSA) is 74.8 Å². The predicted octanol–water partition coefficient (Wildman–Crippen LogP) is 2.15. The Bertz CT molecular complexity index is 747. The van der Waals surface area contributed by atoms with Gasteiger partial charge in [0.05, 0.1) is 7.11 Å². The van der Waals surface area contributed by atoms with Crippen LogP contribution >= 0.6 is 0 Å². The van der Waals surface area contributed by atoms with Gasteiger partial charge >= 0.3 is 0 Å². The van der Waals surface area contributed by atoms with Gasteiger partial charge in [0.25, 0.3) is 0 Å². The number of hydrogen-bond donors (Lipinski definition) is 3. The predicted molar refractivity (Wildman–Crippen MR) is 114 cm³/mol. The van der Waals surface area contributed by atoms with E-state index >= 15 is 0 Å². The summed E-state index contributed by atoms with van der Waals surface area (Å²) in [6.45, 7) is 4.13. The van der Waals surface area contributed by atoms with Crippen molar-refractivity contribution in [3.05, 3.63) is 65.7 Å². The molecule has 150 valence electrons.